The molecule has 0 bridgehead atoms. The number of aryl methyl sites for hydroxylation is 1. The van der Waals surface area contributed by atoms with Gasteiger partial charge in [0, 0.05) is 13.1 Å². The van der Waals surface area contributed by atoms with Gasteiger partial charge in [0.05, 0.1) is 11.9 Å². The molecule has 0 aliphatic carbocycles. The quantitative estimate of drug-likeness (QED) is 0.322. The summed E-state index contributed by atoms with van der Waals surface area (Å²) in [5.41, 5.74) is 6.00. The molecular weight excluding hydrogens is 132 g/mol. The van der Waals surface area contributed by atoms with Crippen molar-refractivity contribution in [3.8, 4) is 0 Å². The van der Waals surface area contributed by atoms with Gasteiger partial charge in [0.2, 0.25) is 0 Å². The van der Waals surface area contributed by atoms with Crippen LogP contribution in [0.2, 0.25) is 0 Å². The fraction of sp³-hybridized carbons (Fsp3) is 0.200. The van der Waals surface area contributed by atoms with Crippen LogP contribution in [0.4, 0.5) is 5.82 Å². The summed E-state index contributed by atoms with van der Waals surface area (Å²) in [5, 5.41) is 14.8. The second kappa shape index (κ2) is 2.38. The maximum Gasteiger partial charge on any atom is 0.146 e. The summed E-state index contributed by atoms with van der Waals surface area (Å²) in [6, 6.07) is 1.61. The highest BCUT2D eigenvalue weighted by atomic mass is 16.4. The molecule has 1 rings (SSSR count). The Bertz CT molecular complexity index is 252. The van der Waals surface area contributed by atoms with Crippen molar-refractivity contribution < 1.29 is 5.21 Å². The molecule has 0 radical (unpaired) electrons. The van der Waals surface area contributed by atoms with Crippen LogP contribution in [0.15, 0.2) is 11.2 Å². The highest BCUT2D eigenvalue weighted by molar-refractivity contribution is 5.77. The van der Waals surface area contributed by atoms with Crippen LogP contribution < -0.4 is 5.73 Å². The van der Waals surface area contributed by atoms with Gasteiger partial charge in [0.1, 0.15) is 5.82 Å². The number of hydrogen-bond acceptors (Lipinski definition) is 4. The third kappa shape index (κ3) is 1.07. The van der Waals surface area contributed by atoms with Gasteiger partial charge in [-0.1, -0.05) is 5.16 Å². The van der Waals surface area contributed by atoms with Crippen LogP contribution in [0, 0.1) is 0 Å². The van der Waals surface area contributed by atoms with Gasteiger partial charge in [-0.25, -0.2) is 0 Å². The molecule has 54 valence electrons. The number of nitrogen functional groups attached to an aromatic ring is 1. The van der Waals surface area contributed by atoms with Gasteiger partial charge in [-0.2, -0.15) is 5.10 Å². The lowest BCUT2D eigenvalue weighted by Gasteiger charge is -1.88. The van der Waals surface area contributed by atoms with Crippen LogP contribution in [-0.4, -0.2) is 21.2 Å². The van der Waals surface area contributed by atoms with E-state index >= 15 is 0 Å². The maximum atomic E-state index is 8.14. The standard InChI is InChI=1S/C5H8N4O/c1-9-4(3-7-10)2-5(6)8-9/h2-3,10H,1H3,(H2,6,8)/b7-3-. The lowest BCUT2D eigenvalue weighted by atomic mass is 10.4. The molecule has 0 fully saturated rings. The van der Waals surface area contributed by atoms with E-state index in [0.717, 1.165) is 0 Å². The molecule has 0 atom stereocenters. The second-order valence-corrected chi connectivity index (χ2v) is 1.86. The van der Waals surface area contributed by atoms with Crippen LogP contribution in [0.5, 0.6) is 0 Å². The predicted molar refractivity (Wildman–Crippen MR) is 37.0 cm³/mol. The summed E-state index contributed by atoms with van der Waals surface area (Å²) in [6.45, 7) is 0. The molecule has 0 saturated heterocycles. The van der Waals surface area contributed by atoms with E-state index < -0.39 is 0 Å². The number of anilines is 1. The summed E-state index contributed by atoms with van der Waals surface area (Å²) >= 11 is 0. The largest absolute Gasteiger partial charge is 0.411 e. The minimum absolute atomic E-state index is 0.414. The van der Waals surface area contributed by atoms with Gasteiger partial charge in [-0.15, -0.1) is 0 Å². The number of nitrogens with two attached hydrogens (primary N) is 1. The highest BCUT2D eigenvalue weighted by Gasteiger charge is 1.97. The Morgan fingerprint density at radius 3 is 3.00 bits per heavy atom. The molecule has 0 spiro atoms. The average Bonchev–Trinajstić information content (AvgIpc) is 2.13. The van der Waals surface area contributed by atoms with Crippen molar-refractivity contribution in [2.75, 3.05) is 5.73 Å². The minimum Gasteiger partial charge on any atom is -0.411 e. The predicted octanol–water partition coefficient (Wildman–Crippen LogP) is -0.190. The number of nitrogens with zero attached hydrogens (tertiary/aromatic N) is 3. The third-order valence-corrected chi connectivity index (χ3v) is 1.12. The molecule has 0 aromatic carbocycles. The highest BCUT2D eigenvalue weighted by Crippen LogP contribution is 2.00. The molecule has 5 nitrogen and oxygen atoms in total. The summed E-state index contributed by atoms with van der Waals surface area (Å²) in [4.78, 5) is 0. The van der Waals surface area contributed by atoms with E-state index in [4.69, 9.17) is 10.9 Å². The van der Waals surface area contributed by atoms with Gasteiger partial charge < -0.3 is 10.9 Å². The zero-order chi connectivity index (χ0) is 7.56. The molecule has 1 aromatic heterocycles. The van der Waals surface area contributed by atoms with E-state index in [0.29, 0.717) is 11.5 Å². The van der Waals surface area contributed by atoms with Crippen molar-refractivity contribution in [1.29, 1.82) is 0 Å². The van der Waals surface area contributed by atoms with E-state index in [2.05, 4.69) is 10.3 Å². The van der Waals surface area contributed by atoms with Gasteiger partial charge in [0.25, 0.3) is 0 Å². The van der Waals surface area contributed by atoms with E-state index in [1.165, 1.54) is 10.9 Å². The molecule has 1 aromatic rings. The Kier molecular flexibility index (Phi) is 1.57. The second-order valence-electron chi connectivity index (χ2n) is 1.86. The number of rotatable bonds is 1. The van der Waals surface area contributed by atoms with Crippen LogP contribution in [0.25, 0.3) is 0 Å². The molecule has 0 saturated carbocycles. The normalized spacial score (nSPS) is 10.9. The molecule has 5 heteroatoms. The first-order valence-corrected chi connectivity index (χ1v) is 2.71. The first-order valence-electron chi connectivity index (χ1n) is 2.71. The minimum atomic E-state index is 0.414. The molecule has 1 heterocycles. The van der Waals surface area contributed by atoms with Gasteiger partial charge in [-0.3, -0.25) is 4.68 Å². The Morgan fingerprint density at radius 1 is 1.90 bits per heavy atom. The first kappa shape index (κ1) is 6.60. The monoisotopic (exact) mass is 140 g/mol. The van der Waals surface area contributed by atoms with Gasteiger partial charge in [0.15, 0.2) is 0 Å². The van der Waals surface area contributed by atoms with Crippen molar-refractivity contribution in [1.82, 2.24) is 9.78 Å². The van der Waals surface area contributed by atoms with Gasteiger partial charge in [-0.05, 0) is 0 Å². The Balaban J connectivity index is 3.03. The smallest absolute Gasteiger partial charge is 0.146 e. The van der Waals surface area contributed by atoms with E-state index in [-0.39, 0.29) is 0 Å². The summed E-state index contributed by atoms with van der Waals surface area (Å²) in [7, 11) is 1.72. The van der Waals surface area contributed by atoms with Crippen LogP contribution in [-0.2, 0) is 7.05 Å². The zero-order valence-corrected chi connectivity index (χ0v) is 5.52. The van der Waals surface area contributed by atoms with E-state index in [9.17, 15) is 0 Å². The van der Waals surface area contributed by atoms with Crippen molar-refractivity contribution in [3.05, 3.63) is 11.8 Å². The van der Waals surface area contributed by atoms with Crippen molar-refractivity contribution in [2.24, 2.45) is 12.2 Å². The van der Waals surface area contributed by atoms with Crippen LogP contribution in [0.1, 0.15) is 5.69 Å². The lowest BCUT2D eigenvalue weighted by molar-refractivity contribution is 0.321. The van der Waals surface area contributed by atoms with Crippen molar-refractivity contribution >= 4 is 12.0 Å². The van der Waals surface area contributed by atoms with E-state index in [1.54, 1.807) is 13.1 Å². The van der Waals surface area contributed by atoms with Crippen LogP contribution in [0.3, 0.4) is 0 Å². The summed E-state index contributed by atoms with van der Waals surface area (Å²) in [6.07, 6.45) is 1.27. The number of oxime groups is 1. The number of hydrogen-bond donors (Lipinski definition) is 2. The Morgan fingerprint density at radius 2 is 2.60 bits per heavy atom. The molecule has 10 heavy (non-hydrogen) atoms. The Hall–Kier alpha value is -1.52. The van der Waals surface area contributed by atoms with E-state index in [1.807, 2.05) is 0 Å². The van der Waals surface area contributed by atoms with Crippen molar-refractivity contribution in [2.45, 2.75) is 0 Å². The number of aromatic nitrogens is 2. The van der Waals surface area contributed by atoms with Crippen LogP contribution >= 0.6 is 0 Å². The zero-order valence-electron chi connectivity index (χ0n) is 5.52. The summed E-state index contributed by atoms with van der Waals surface area (Å²) in [5.74, 6) is 0.414. The SMILES string of the molecule is Cn1nc(N)cc1/C=N\O. The fourth-order valence-corrected chi connectivity index (χ4v) is 0.685. The molecule has 0 unspecified atom stereocenters. The summed E-state index contributed by atoms with van der Waals surface area (Å²) < 4.78 is 1.52. The average molecular weight is 140 g/mol. The molecule has 0 aliphatic heterocycles. The van der Waals surface area contributed by atoms with Crippen molar-refractivity contribution in [3.63, 3.8) is 0 Å². The molecular formula is C5H8N4O. The fourth-order valence-electron chi connectivity index (χ4n) is 0.685. The third-order valence-electron chi connectivity index (χ3n) is 1.12. The lowest BCUT2D eigenvalue weighted by Crippen LogP contribution is -1.96. The molecule has 3 N–H and O–H groups in total. The van der Waals surface area contributed by atoms with Gasteiger partial charge >= 0.3 is 0 Å². The Labute approximate surface area is 57.8 Å². The maximum absolute atomic E-state index is 8.14. The first-order chi connectivity index (χ1) is 4.74. The topological polar surface area (TPSA) is 76.4 Å². The molecule has 0 aliphatic rings. The molecule has 0 amide bonds.